The van der Waals surface area contributed by atoms with Gasteiger partial charge in [-0.2, -0.15) is 5.10 Å². The topological polar surface area (TPSA) is 63.9 Å². The van der Waals surface area contributed by atoms with E-state index in [4.69, 9.17) is 11.6 Å². The van der Waals surface area contributed by atoms with E-state index in [0.29, 0.717) is 27.9 Å². The second-order valence-electron chi connectivity index (χ2n) is 5.67. The lowest BCUT2D eigenvalue weighted by molar-refractivity contribution is 0.0979. The highest BCUT2D eigenvalue weighted by Gasteiger charge is 2.24. The number of anilines is 1. The van der Waals surface area contributed by atoms with Crippen molar-refractivity contribution in [3.05, 3.63) is 71.3 Å². The zero-order valence-electron chi connectivity index (χ0n) is 13.8. The molecule has 0 spiro atoms. The summed E-state index contributed by atoms with van der Waals surface area (Å²) in [5, 5.41) is 5.35. The number of para-hydroxylation sites is 1. The van der Waals surface area contributed by atoms with Crippen molar-refractivity contribution in [3.8, 4) is 0 Å². The van der Waals surface area contributed by atoms with E-state index in [1.807, 2.05) is 30.3 Å². The van der Waals surface area contributed by atoms with Crippen molar-refractivity contribution in [2.24, 2.45) is 7.05 Å². The predicted octanol–water partition coefficient (Wildman–Crippen LogP) is 3.93. The summed E-state index contributed by atoms with van der Waals surface area (Å²) in [6, 6.07) is 12.9. The minimum absolute atomic E-state index is 0.230. The van der Waals surface area contributed by atoms with E-state index in [-0.39, 0.29) is 5.91 Å². The molecule has 3 aromatic heterocycles. The molecule has 0 N–H and O–H groups in total. The van der Waals surface area contributed by atoms with Crippen molar-refractivity contribution in [2.75, 3.05) is 4.90 Å². The first-order valence-corrected chi connectivity index (χ1v) is 9.08. The fraction of sp³-hybridized carbons (Fsp3) is 0.111. The van der Waals surface area contributed by atoms with Crippen LogP contribution in [0.15, 0.2) is 54.9 Å². The third-order valence-corrected chi connectivity index (χ3v) is 5.16. The summed E-state index contributed by atoms with van der Waals surface area (Å²) in [4.78, 5) is 23.6. The van der Waals surface area contributed by atoms with Gasteiger partial charge in [0.15, 0.2) is 10.8 Å². The van der Waals surface area contributed by atoms with E-state index < -0.39 is 0 Å². The van der Waals surface area contributed by atoms with Gasteiger partial charge in [-0.25, -0.2) is 4.98 Å². The highest BCUT2D eigenvalue weighted by atomic mass is 35.5. The van der Waals surface area contributed by atoms with Crippen LogP contribution in [0.25, 0.3) is 10.2 Å². The lowest BCUT2D eigenvalue weighted by atomic mass is 10.3. The van der Waals surface area contributed by atoms with Gasteiger partial charge >= 0.3 is 0 Å². The molecule has 6 nitrogen and oxygen atoms in total. The Bertz CT molecular complexity index is 1080. The Labute approximate surface area is 158 Å². The Morgan fingerprint density at radius 1 is 1.23 bits per heavy atom. The summed E-state index contributed by atoms with van der Waals surface area (Å²) in [6.45, 7) is 0.299. The van der Waals surface area contributed by atoms with E-state index in [9.17, 15) is 4.79 Å². The molecule has 0 unspecified atom stereocenters. The zero-order valence-corrected chi connectivity index (χ0v) is 15.4. The lowest BCUT2D eigenvalue weighted by Crippen LogP contribution is -2.31. The maximum atomic E-state index is 13.1. The molecule has 26 heavy (non-hydrogen) atoms. The number of carbonyl (C=O) groups excluding carboxylic acids is 1. The molecule has 0 saturated carbocycles. The number of nitrogens with zero attached hydrogens (tertiary/aromatic N) is 5. The number of benzene rings is 1. The monoisotopic (exact) mass is 383 g/mol. The fourth-order valence-corrected chi connectivity index (χ4v) is 3.83. The van der Waals surface area contributed by atoms with Crippen LogP contribution >= 0.6 is 22.9 Å². The summed E-state index contributed by atoms with van der Waals surface area (Å²) in [5.41, 5.74) is 1.81. The van der Waals surface area contributed by atoms with Gasteiger partial charge in [-0.15, -0.1) is 0 Å². The van der Waals surface area contributed by atoms with Gasteiger partial charge in [0.2, 0.25) is 0 Å². The van der Waals surface area contributed by atoms with Crippen LogP contribution < -0.4 is 4.90 Å². The SMILES string of the molecule is Cn1ccc(C(=O)N(Cc2ccccn2)c2nc3c(Cl)cccc3s2)n1. The van der Waals surface area contributed by atoms with Crippen LogP contribution in [0, 0.1) is 0 Å². The maximum Gasteiger partial charge on any atom is 0.280 e. The van der Waals surface area contributed by atoms with E-state index in [1.54, 1.807) is 41.2 Å². The van der Waals surface area contributed by atoms with Crippen molar-refractivity contribution in [1.29, 1.82) is 0 Å². The molecule has 3 heterocycles. The third kappa shape index (κ3) is 3.18. The predicted molar refractivity (Wildman–Crippen MR) is 103 cm³/mol. The first kappa shape index (κ1) is 16.7. The largest absolute Gasteiger partial charge is 0.280 e. The van der Waals surface area contributed by atoms with E-state index in [1.165, 1.54) is 11.3 Å². The van der Waals surface area contributed by atoms with E-state index >= 15 is 0 Å². The molecule has 0 radical (unpaired) electrons. The normalized spacial score (nSPS) is 11.0. The Morgan fingerprint density at radius 2 is 2.12 bits per heavy atom. The number of hydrogen-bond acceptors (Lipinski definition) is 5. The van der Waals surface area contributed by atoms with Gasteiger partial charge in [0.05, 0.1) is 22.0 Å². The van der Waals surface area contributed by atoms with Gasteiger partial charge in [-0.3, -0.25) is 19.4 Å². The minimum Gasteiger partial charge on any atom is -0.276 e. The van der Waals surface area contributed by atoms with Crippen molar-refractivity contribution in [3.63, 3.8) is 0 Å². The minimum atomic E-state index is -0.230. The van der Waals surface area contributed by atoms with Gasteiger partial charge in [0.1, 0.15) is 5.52 Å². The van der Waals surface area contributed by atoms with Crippen LogP contribution in [0.4, 0.5) is 5.13 Å². The van der Waals surface area contributed by atoms with Gasteiger partial charge in [-0.1, -0.05) is 35.1 Å². The molecule has 0 aliphatic heterocycles. The molecule has 0 fully saturated rings. The molecule has 8 heteroatoms. The lowest BCUT2D eigenvalue weighted by Gasteiger charge is -2.18. The standard InChI is InChI=1S/C18H14ClN5OS/c1-23-10-8-14(22-23)17(25)24(11-12-5-2-3-9-20-12)18-21-16-13(19)6-4-7-15(16)26-18/h2-10H,11H2,1H3. The number of pyridine rings is 1. The number of halogens is 1. The maximum absolute atomic E-state index is 13.1. The first-order valence-electron chi connectivity index (χ1n) is 7.88. The van der Waals surface area contributed by atoms with Gasteiger partial charge in [0.25, 0.3) is 5.91 Å². The van der Waals surface area contributed by atoms with Crippen molar-refractivity contribution >= 4 is 44.2 Å². The molecule has 0 aliphatic carbocycles. The number of aromatic nitrogens is 4. The van der Waals surface area contributed by atoms with Crippen LogP contribution in [0.1, 0.15) is 16.2 Å². The molecular weight excluding hydrogens is 370 g/mol. The molecule has 0 bridgehead atoms. The van der Waals surface area contributed by atoms with Crippen molar-refractivity contribution in [2.45, 2.75) is 6.54 Å². The number of hydrogen-bond donors (Lipinski definition) is 0. The molecule has 4 aromatic rings. The summed E-state index contributed by atoms with van der Waals surface area (Å²) in [5.74, 6) is -0.230. The second-order valence-corrected chi connectivity index (χ2v) is 7.09. The van der Waals surface area contributed by atoms with Crippen molar-refractivity contribution in [1.82, 2.24) is 19.7 Å². The Balaban J connectivity index is 1.78. The molecular formula is C18H14ClN5OS. The third-order valence-electron chi connectivity index (χ3n) is 3.81. The van der Waals surface area contributed by atoms with Crippen LogP contribution in [0.2, 0.25) is 5.02 Å². The molecule has 0 saturated heterocycles. The highest BCUT2D eigenvalue weighted by molar-refractivity contribution is 7.22. The average Bonchev–Trinajstić information content (AvgIpc) is 3.27. The molecule has 1 amide bonds. The second kappa shape index (κ2) is 6.86. The Morgan fingerprint density at radius 3 is 2.81 bits per heavy atom. The molecule has 4 rings (SSSR count). The first-order chi connectivity index (χ1) is 12.6. The zero-order chi connectivity index (χ0) is 18.1. The Kier molecular flexibility index (Phi) is 4.40. The molecule has 1 aromatic carbocycles. The van der Waals surface area contributed by atoms with Crippen LogP contribution in [-0.4, -0.2) is 25.7 Å². The number of amides is 1. The number of thiazole rings is 1. The van der Waals surface area contributed by atoms with E-state index in [0.717, 1.165) is 10.4 Å². The average molecular weight is 384 g/mol. The smallest absolute Gasteiger partial charge is 0.276 e. The summed E-state index contributed by atoms with van der Waals surface area (Å²) in [7, 11) is 1.78. The van der Waals surface area contributed by atoms with Gasteiger partial charge in [-0.05, 0) is 30.3 Å². The number of fused-ring (bicyclic) bond motifs is 1. The quantitative estimate of drug-likeness (QED) is 0.535. The van der Waals surface area contributed by atoms with E-state index in [2.05, 4.69) is 15.1 Å². The molecule has 0 aliphatic rings. The fourth-order valence-electron chi connectivity index (χ4n) is 2.57. The number of carbonyl (C=O) groups is 1. The molecule has 130 valence electrons. The molecule has 0 atom stereocenters. The summed E-state index contributed by atoms with van der Waals surface area (Å²) in [6.07, 6.45) is 3.44. The van der Waals surface area contributed by atoms with Gasteiger partial charge in [0, 0.05) is 19.4 Å². The summed E-state index contributed by atoms with van der Waals surface area (Å²) >= 11 is 7.66. The Hall–Kier alpha value is -2.77. The summed E-state index contributed by atoms with van der Waals surface area (Å²) < 4.78 is 2.52. The van der Waals surface area contributed by atoms with Crippen molar-refractivity contribution < 1.29 is 4.79 Å². The van der Waals surface area contributed by atoms with Crippen LogP contribution in [0.3, 0.4) is 0 Å². The van der Waals surface area contributed by atoms with Gasteiger partial charge < -0.3 is 0 Å². The van der Waals surface area contributed by atoms with Crippen LogP contribution in [-0.2, 0) is 13.6 Å². The highest BCUT2D eigenvalue weighted by Crippen LogP contribution is 2.33. The number of aryl methyl sites for hydroxylation is 1. The number of rotatable bonds is 4. The van der Waals surface area contributed by atoms with Crippen LogP contribution in [0.5, 0.6) is 0 Å².